The monoisotopic (exact) mass is 296 g/mol. The fourth-order valence-electron chi connectivity index (χ4n) is 2.34. The second-order valence-electron chi connectivity index (χ2n) is 4.87. The molecule has 108 valence electrons. The zero-order valence-electron chi connectivity index (χ0n) is 12.2. The van der Waals surface area contributed by atoms with Gasteiger partial charge in [-0.25, -0.2) is 0 Å². The van der Waals surface area contributed by atoms with Crippen LogP contribution in [0.2, 0.25) is 0 Å². The topological polar surface area (TPSA) is 56.8 Å². The molecule has 0 heterocycles. The highest BCUT2D eigenvalue weighted by molar-refractivity contribution is 5.76. The predicted octanol–water partition coefficient (Wildman–Crippen LogP) is 4.89. The molecule has 0 amide bonds. The number of nitriles is 2. The molecule has 0 bridgehead atoms. The Morgan fingerprint density at radius 2 is 1.35 bits per heavy atom. The summed E-state index contributed by atoms with van der Waals surface area (Å²) in [7, 11) is 0. The third-order valence-corrected chi connectivity index (χ3v) is 3.44. The minimum atomic E-state index is 0.248. The van der Waals surface area contributed by atoms with Crippen molar-refractivity contribution < 1.29 is 4.74 Å². The molecule has 3 nitrogen and oxygen atoms in total. The van der Waals surface area contributed by atoms with Gasteiger partial charge in [-0.2, -0.15) is 10.5 Å². The highest BCUT2D eigenvalue weighted by atomic mass is 16.5. The highest BCUT2D eigenvalue weighted by Crippen LogP contribution is 2.37. The van der Waals surface area contributed by atoms with Gasteiger partial charge in [-0.15, -0.1) is 0 Å². The first kappa shape index (κ1) is 14.4. The molecule has 0 fully saturated rings. The molecule has 3 aromatic rings. The summed E-state index contributed by atoms with van der Waals surface area (Å²) in [6, 6.07) is 26.5. The van der Waals surface area contributed by atoms with Crippen LogP contribution in [0.25, 0.3) is 11.1 Å². The number of rotatable bonds is 3. The van der Waals surface area contributed by atoms with Gasteiger partial charge in [0.25, 0.3) is 0 Å². The summed E-state index contributed by atoms with van der Waals surface area (Å²) in [6.45, 7) is 0. The lowest BCUT2D eigenvalue weighted by Gasteiger charge is -2.14. The van der Waals surface area contributed by atoms with Crippen LogP contribution in [0.1, 0.15) is 11.1 Å². The van der Waals surface area contributed by atoms with Crippen LogP contribution in [0.5, 0.6) is 11.5 Å². The van der Waals surface area contributed by atoms with Gasteiger partial charge in [0.1, 0.15) is 23.5 Å². The van der Waals surface area contributed by atoms with Gasteiger partial charge in [-0.05, 0) is 29.8 Å². The maximum atomic E-state index is 9.50. The zero-order valence-corrected chi connectivity index (χ0v) is 12.2. The van der Waals surface area contributed by atoms with Crippen molar-refractivity contribution >= 4 is 0 Å². The summed E-state index contributed by atoms with van der Waals surface area (Å²) >= 11 is 0. The Morgan fingerprint density at radius 3 is 1.96 bits per heavy atom. The van der Waals surface area contributed by atoms with Gasteiger partial charge in [0.15, 0.2) is 5.75 Å². The quantitative estimate of drug-likeness (QED) is 0.691. The predicted molar refractivity (Wildman–Crippen MR) is 87.8 cm³/mol. The van der Waals surface area contributed by atoms with Gasteiger partial charge >= 0.3 is 0 Å². The van der Waals surface area contributed by atoms with Gasteiger partial charge in [-0.1, -0.05) is 48.5 Å². The molecule has 3 aromatic carbocycles. The first-order valence-corrected chi connectivity index (χ1v) is 7.09. The van der Waals surface area contributed by atoms with E-state index in [9.17, 15) is 10.5 Å². The molecule has 3 rings (SSSR count). The Labute approximate surface area is 134 Å². The molecule has 0 aliphatic carbocycles. The normalized spacial score (nSPS) is 9.65. The Hall–Kier alpha value is -3.56. The molecule has 0 radical (unpaired) electrons. The van der Waals surface area contributed by atoms with Crippen molar-refractivity contribution in [3.63, 3.8) is 0 Å². The first-order valence-electron chi connectivity index (χ1n) is 7.09. The fraction of sp³-hybridized carbons (Fsp3) is 0. The number of benzene rings is 3. The van der Waals surface area contributed by atoms with Crippen molar-refractivity contribution in [1.82, 2.24) is 0 Å². The van der Waals surface area contributed by atoms with Crippen LogP contribution in [0, 0.1) is 22.7 Å². The number of para-hydroxylation sites is 1. The summed E-state index contributed by atoms with van der Waals surface area (Å²) in [4.78, 5) is 0. The van der Waals surface area contributed by atoms with Crippen LogP contribution >= 0.6 is 0 Å². The van der Waals surface area contributed by atoms with E-state index < -0.39 is 0 Å². The molecule has 0 N–H and O–H groups in total. The van der Waals surface area contributed by atoms with E-state index in [4.69, 9.17) is 4.74 Å². The number of hydrogen-bond acceptors (Lipinski definition) is 3. The van der Waals surface area contributed by atoms with Gasteiger partial charge in [0.2, 0.25) is 0 Å². The number of ether oxygens (including phenoxy) is 1. The average molecular weight is 296 g/mol. The minimum absolute atomic E-state index is 0.248. The van der Waals surface area contributed by atoms with E-state index in [0.29, 0.717) is 17.1 Å². The minimum Gasteiger partial charge on any atom is -0.455 e. The molecular formula is C20H12N2O. The summed E-state index contributed by atoms with van der Waals surface area (Å²) in [5.41, 5.74) is 2.26. The third-order valence-electron chi connectivity index (χ3n) is 3.44. The molecule has 0 saturated heterocycles. The lowest BCUT2D eigenvalue weighted by molar-refractivity contribution is 0.483. The van der Waals surface area contributed by atoms with Crippen molar-refractivity contribution in [1.29, 1.82) is 10.5 Å². The Bertz CT molecular complexity index is 904. The van der Waals surface area contributed by atoms with Crippen LogP contribution < -0.4 is 4.74 Å². The molecule has 0 spiro atoms. The lowest BCUT2D eigenvalue weighted by atomic mass is 9.98. The summed E-state index contributed by atoms with van der Waals surface area (Å²) < 4.78 is 5.95. The van der Waals surface area contributed by atoms with Crippen LogP contribution in [0.4, 0.5) is 0 Å². The highest BCUT2D eigenvalue weighted by Gasteiger charge is 2.16. The molecule has 0 aliphatic heterocycles. The average Bonchev–Trinajstić information content (AvgIpc) is 2.63. The van der Waals surface area contributed by atoms with Crippen molar-refractivity contribution in [2.24, 2.45) is 0 Å². The summed E-state index contributed by atoms with van der Waals surface area (Å²) in [6.07, 6.45) is 0. The lowest BCUT2D eigenvalue weighted by Crippen LogP contribution is -1.95. The molecule has 3 heteroatoms. The van der Waals surface area contributed by atoms with Crippen LogP contribution in [-0.2, 0) is 0 Å². The van der Waals surface area contributed by atoms with E-state index in [1.54, 1.807) is 6.07 Å². The molecule has 0 aromatic heterocycles. The second-order valence-corrected chi connectivity index (χ2v) is 4.87. The Kier molecular flexibility index (Phi) is 4.05. The Morgan fingerprint density at radius 1 is 0.696 bits per heavy atom. The zero-order chi connectivity index (χ0) is 16.1. The summed E-state index contributed by atoms with van der Waals surface area (Å²) in [5.74, 6) is 1.03. The van der Waals surface area contributed by atoms with E-state index in [2.05, 4.69) is 6.07 Å². The van der Waals surface area contributed by atoms with Gasteiger partial charge < -0.3 is 4.74 Å². The van der Waals surface area contributed by atoms with Crippen molar-refractivity contribution in [3.05, 3.63) is 83.9 Å². The van der Waals surface area contributed by atoms with Crippen molar-refractivity contribution in [2.75, 3.05) is 0 Å². The maximum absolute atomic E-state index is 9.50. The van der Waals surface area contributed by atoms with Crippen LogP contribution in [-0.4, -0.2) is 0 Å². The SMILES string of the molecule is N#Cc1ccc(-c2ccccc2)c(Oc2ccccc2)c1C#N. The first-order chi connectivity index (χ1) is 11.3. The molecule has 0 unspecified atom stereocenters. The van der Waals surface area contributed by atoms with E-state index in [0.717, 1.165) is 11.1 Å². The standard InChI is InChI=1S/C20H12N2O/c21-13-16-11-12-18(15-7-3-1-4-8-15)20(19(16)14-22)23-17-9-5-2-6-10-17/h1-12H. The fourth-order valence-corrected chi connectivity index (χ4v) is 2.34. The maximum Gasteiger partial charge on any atom is 0.154 e. The van der Waals surface area contributed by atoms with Gasteiger partial charge in [-0.3, -0.25) is 0 Å². The molecule has 0 atom stereocenters. The summed E-state index contributed by atoms with van der Waals surface area (Å²) in [5, 5.41) is 18.7. The van der Waals surface area contributed by atoms with Gasteiger partial charge in [0.05, 0.1) is 5.56 Å². The van der Waals surface area contributed by atoms with E-state index in [1.807, 2.05) is 72.8 Å². The van der Waals surface area contributed by atoms with E-state index >= 15 is 0 Å². The second kappa shape index (κ2) is 6.47. The molecular weight excluding hydrogens is 284 g/mol. The van der Waals surface area contributed by atoms with Crippen molar-refractivity contribution in [2.45, 2.75) is 0 Å². The number of nitrogens with zero attached hydrogens (tertiary/aromatic N) is 2. The third kappa shape index (κ3) is 2.90. The van der Waals surface area contributed by atoms with Crippen LogP contribution in [0.15, 0.2) is 72.8 Å². The van der Waals surface area contributed by atoms with Crippen molar-refractivity contribution in [3.8, 4) is 34.8 Å². The van der Waals surface area contributed by atoms with E-state index in [1.165, 1.54) is 0 Å². The van der Waals surface area contributed by atoms with Gasteiger partial charge in [0, 0.05) is 5.56 Å². The smallest absolute Gasteiger partial charge is 0.154 e. The molecule has 0 aliphatic rings. The Balaban J connectivity index is 2.21. The largest absolute Gasteiger partial charge is 0.455 e. The van der Waals surface area contributed by atoms with Crippen LogP contribution in [0.3, 0.4) is 0 Å². The molecule has 23 heavy (non-hydrogen) atoms. The number of hydrogen-bond donors (Lipinski definition) is 0. The van der Waals surface area contributed by atoms with E-state index in [-0.39, 0.29) is 5.56 Å². The molecule has 0 saturated carbocycles.